The Bertz CT molecular complexity index is 624. The van der Waals surface area contributed by atoms with E-state index in [2.05, 4.69) is 9.88 Å². The normalized spacial score (nSPS) is 17.0. The zero-order valence-electron chi connectivity index (χ0n) is 13.3. The minimum Gasteiger partial charge on any atom is -0.481 e. The van der Waals surface area contributed by atoms with Gasteiger partial charge < -0.3 is 14.6 Å². The zero-order valence-corrected chi connectivity index (χ0v) is 13.3. The van der Waals surface area contributed by atoms with Gasteiger partial charge in [-0.25, -0.2) is 4.98 Å². The molecule has 1 aliphatic rings. The number of pyridine rings is 1. The zero-order chi connectivity index (χ0) is 16.1. The molecule has 0 saturated carbocycles. The molecule has 5 heteroatoms. The van der Waals surface area contributed by atoms with E-state index < -0.39 is 6.10 Å². The van der Waals surface area contributed by atoms with E-state index in [1.54, 1.807) is 13.3 Å². The molecule has 0 bridgehead atoms. The van der Waals surface area contributed by atoms with E-state index in [1.165, 1.54) is 0 Å². The second kappa shape index (κ2) is 7.55. The first kappa shape index (κ1) is 15.9. The highest BCUT2D eigenvalue weighted by Gasteiger charge is 2.16. The van der Waals surface area contributed by atoms with E-state index in [-0.39, 0.29) is 0 Å². The lowest BCUT2D eigenvalue weighted by atomic mass is 10.0. The molecule has 1 aliphatic heterocycles. The van der Waals surface area contributed by atoms with Gasteiger partial charge in [-0.3, -0.25) is 4.90 Å². The number of aliphatic hydroxyl groups excluding tert-OH is 1. The molecule has 3 rings (SSSR count). The number of hydrogen-bond acceptors (Lipinski definition) is 5. The Hall–Kier alpha value is -1.95. The van der Waals surface area contributed by atoms with Crippen LogP contribution in [-0.4, -0.2) is 54.9 Å². The quantitative estimate of drug-likeness (QED) is 0.916. The number of benzene rings is 1. The summed E-state index contributed by atoms with van der Waals surface area (Å²) in [7, 11) is 1.62. The summed E-state index contributed by atoms with van der Waals surface area (Å²) in [6, 6.07) is 11.8. The van der Waals surface area contributed by atoms with Crippen molar-refractivity contribution in [3.8, 4) is 17.0 Å². The molecule has 1 atom stereocenters. The summed E-state index contributed by atoms with van der Waals surface area (Å²) < 4.78 is 10.6. The van der Waals surface area contributed by atoms with Gasteiger partial charge in [0, 0.05) is 31.4 Å². The first-order valence-corrected chi connectivity index (χ1v) is 7.85. The van der Waals surface area contributed by atoms with Crippen LogP contribution in [0.2, 0.25) is 0 Å². The maximum absolute atomic E-state index is 10.4. The number of rotatable bonds is 5. The molecule has 0 aliphatic carbocycles. The molecular weight excluding hydrogens is 292 g/mol. The van der Waals surface area contributed by atoms with E-state index in [0.717, 1.165) is 43.0 Å². The summed E-state index contributed by atoms with van der Waals surface area (Å²) in [6.45, 7) is 3.88. The molecule has 0 spiro atoms. The molecule has 23 heavy (non-hydrogen) atoms. The molecule has 1 saturated heterocycles. The number of β-amino-alcohol motifs (C(OH)–C–C–N with tert-alkyl or cyclic N) is 1. The lowest BCUT2D eigenvalue weighted by Crippen LogP contribution is -2.38. The third kappa shape index (κ3) is 3.88. The summed E-state index contributed by atoms with van der Waals surface area (Å²) in [5.41, 5.74) is 2.89. The Kier molecular flexibility index (Phi) is 5.23. The smallest absolute Gasteiger partial charge is 0.221 e. The number of methoxy groups -OCH3 is 1. The summed E-state index contributed by atoms with van der Waals surface area (Å²) >= 11 is 0. The minimum atomic E-state index is -0.488. The Morgan fingerprint density at radius 1 is 1.22 bits per heavy atom. The molecule has 0 radical (unpaired) electrons. The van der Waals surface area contributed by atoms with Gasteiger partial charge >= 0.3 is 0 Å². The predicted molar refractivity (Wildman–Crippen MR) is 88.4 cm³/mol. The van der Waals surface area contributed by atoms with Crippen LogP contribution >= 0.6 is 0 Å². The topological polar surface area (TPSA) is 54.8 Å². The first-order valence-electron chi connectivity index (χ1n) is 7.85. The monoisotopic (exact) mass is 314 g/mol. The highest BCUT2D eigenvalue weighted by Crippen LogP contribution is 2.28. The molecule has 1 N–H and O–H groups in total. The van der Waals surface area contributed by atoms with Crippen molar-refractivity contribution >= 4 is 0 Å². The van der Waals surface area contributed by atoms with Crippen LogP contribution in [-0.2, 0) is 4.74 Å². The Morgan fingerprint density at radius 2 is 1.96 bits per heavy atom. The number of ether oxygens (including phenoxy) is 2. The van der Waals surface area contributed by atoms with Crippen LogP contribution in [0.15, 0.2) is 42.6 Å². The molecule has 2 aromatic rings. The van der Waals surface area contributed by atoms with Crippen LogP contribution in [0.5, 0.6) is 5.88 Å². The molecule has 1 fully saturated rings. The lowest BCUT2D eigenvalue weighted by molar-refractivity contribution is 0.0143. The summed E-state index contributed by atoms with van der Waals surface area (Å²) in [5.74, 6) is 0.606. The van der Waals surface area contributed by atoms with Crippen LogP contribution in [0.4, 0.5) is 0 Å². The van der Waals surface area contributed by atoms with Crippen molar-refractivity contribution < 1.29 is 14.6 Å². The minimum absolute atomic E-state index is 0.488. The standard InChI is InChI=1S/C18H22N2O3/c1-22-18-16(3-2-8-19-18)14-4-6-15(7-5-14)17(21)13-20-9-11-23-12-10-20/h2-8,17,21H,9-13H2,1H3. The summed E-state index contributed by atoms with van der Waals surface area (Å²) in [5, 5.41) is 10.4. The van der Waals surface area contributed by atoms with E-state index in [1.807, 2.05) is 36.4 Å². The SMILES string of the molecule is COc1ncccc1-c1ccc(C(O)CN2CCOCC2)cc1. The molecule has 0 amide bonds. The van der Waals surface area contributed by atoms with Gasteiger partial charge in [0.2, 0.25) is 5.88 Å². The molecule has 1 unspecified atom stereocenters. The van der Waals surface area contributed by atoms with Crippen molar-refractivity contribution in [1.82, 2.24) is 9.88 Å². The number of morpholine rings is 1. The number of aromatic nitrogens is 1. The van der Waals surface area contributed by atoms with Gasteiger partial charge in [0.1, 0.15) is 0 Å². The molecule has 122 valence electrons. The highest BCUT2D eigenvalue weighted by molar-refractivity contribution is 5.68. The lowest BCUT2D eigenvalue weighted by Gasteiger charge is -2.28. The molecular formula is C18H22N2O3. The molecule has 2 heterocycles. The van der Waals surface area contributed by atoms with Gasteiger partial charge in [-0.2, -0.15) is 0 Å². The summed E-state index contributed by atoms with van der Waals surface area (Å²) in [4.78, 5) is 6.45. The molecule has 1 aromatic heterocycles. The second-order valence-corrected chi connectivity index (χ2v) is 5.61. The third-order valence-electron chi connectivity index (χ3n) is 4.11. The molecule has 5 nitrogen and oxygen atoms in total. The van der Waals surface area contributed by atoms with Crippen LogP contribution in [0.1, 0.15) is 11.7 Å². The van der Waals surface area contributed by atoms with Gasteiger partial charge in [-0.1, -0.05) is 24.3 Å². The molecule has 1 aromatic carbocycles. The van der Waals surface area contributed by atoms with Crippen molar-refractivity contribution in [1.29, 1.82) is 0 Å². The van der Waals surface area contributed by atoms with Crippen LogP contribution in [0, 0.1) is 0 Å². The fourth-order valence-electron chi connectivity index (χ4n) is 2.79. The predicted octanol–water partition coefficient (Wildman–Crippen LogP) is 2.12. The maximum Gasteiger partial charge on any atom is 0.221 e. The fraction of sp³-hybridized carbons (Fsp3) is 0.389. The number of nitrogens with zero attached hydrogens (tertiary/aromatic N) is 2. The van der Waals surface area contributed by atoms with E-state index in [4.69, 9.17) is 9.47 Å². The van der Waals surface area contributed by atoms with Crippen LogP contribution in [0.25, 0.3) is 11.1 Å². The second-order valence-electron chi connectivity index (χ2n) is 5.61. The average molecular weight is 314 g/mol. The number of hydrogen-bond donors (Lipinski definition) is 1. The third-order valence-corrected chi connectivity index (χ3v) is 4.11. The van der Waals surface area contributed by atoms with Crippen molar-refractivity contribution in [3.63, 3.8) is 0 Å². The van der Waals surface area contributed by atoms with E-state index in [9.17, 15) is 5.11 Å². The Labute approximate surface area is 136 Å². The number of aliphatic hydroxyl groups is 1. The van der Waals surface area contributed by atoms with E-state index >= 15 is 0 Å². The Morgan fingerprint density at radius 3 is 2.65 bits per heavy atom. The largest absolute Gasteiger partial charge is 0.481 e. The van der Waals surface area contributed by atoms with E-state index in [0.29, 0.717) is 12.4 Å². The highest BCUT2D eigenvalue weighted by atomic mass is 16.5. The van der Waals surface area contributed by atoms with Crippen molar-refractivity contribution in [3.05, 3.63) is 48.2 Å². The van der Waals surface area contributed by atoms with Gasteiger partial charge in [-0.05, 0) is 23.3 Å². The van der Waals surface area contributed by atoms with Crippen LogP contribution in [0.3, 0.4) is 0 Å². The average Bonchev–Trinajstić information content (AvgIpc) is 2.62. The van der Waals surface area contributed by atoms with Crippen molar-refractivity contribution in [2.24, 2.45) is 0 Å². The fourth-order valence-corrected chi connectivity index (χ4v) is 2.79. The first-order chi connectivity index (χ1) is 11.3. The maximum atomic E-state index is 10.4. The van der Waals surface area contributed by atoms with Gasteiger partial charge in [0.25, 0.3) is 0 Å². The van der Waals surface area contributed by atoms with Gasteiger partial charge in [-0.15, -0.1) is 0 Å². The Balaban J connectivity index is 1.71. The van der Waals surface area contributed by atoms with Crippen LogP contribution < -0.4 is 4.74 Å². The van der Waals surface area contributed by atoms with Crippen molar-refractivity contribution in [2.45, 2.75) is 6.10 Å². The van der Waals surface area contributed by atoms with Crippen molar-refractivity contribution in [2.75, 3.05) is 40.0 Å². The summed E-state index contributed by atoms with van der Waals surface area (Å²) in [6.07, 6.45) is 1.22. The van der Waals surface area contributed by atoms with Gasteiger partial charge in [0.05, 0.1) is 26.4 Å². The van der Waals surface area contributed by atoms with Gasteiger partial charge in [0.15, 0.2) is 0 Å².